The van der Waals surface area contributed by atoms with Crippen molar-refractivity contribution >= 4 is 23.4 Å². The highest BCUT2D eigenvalue weighted by molar-refractivity contribution is 7.81. The third-order valence-electron chi connectivity index (χ3n) is 6.51. The van der Waals surface area contributed by atoms with Crippen LogP contribution in [0.15, 0.2) is 102 Å². The Hall–Kier alpha value is -3.89. The molecule has 0 aliphatic heterocycles. The lowest BCUT2D eigenvalue weighted by Crippen LogP contribution is -2.32. The van der Waals surface area contributed by atoms with Gasteiger partial charge >= 0.3 is 0 Å². The number of hydrogen-bond acceptors (Lipinski definition) is 4. The monoisotopic (exact) mass is 509 g/mol. The van der Waals surface area contributed by atoms with Gasteiger partial charge in [0.15, 0.2) is 5.91 Å². The molecule has 5 aromatic rings. The molecule has 0 bridgehead atoms. The maximum Gasteiger partial charge on any atom is 0.185 e. The molecule has 2 heterocycles. The zero-order valence-corrected chi connectivity index (χ0v) is 22.8. The summed E-state index contributed by atoms with van der Waals surface area (Å²) in [6, 6.07) is 33.4. The van der Waals surface area contributed by atoms with E-state index in [1.807, 2.05) is 50.2 Å². The summed E-state index contributed by atoms with van der Waals surface area (Å²) >= 11 is 0. The molecule has 188 valence electrons. The first-order valence-corrected chi connectivity index (χ1v) is 14.2. The SMILES string of the molecule is COc1ccccc1N=P(c1ccccc1)(c1ccccc1)C(n1nc(C)cc1C)n1nc(C)cc1C. The van der Waals surface area contributed by atoms with Crippen LogP contribution in [0.25, 0.3) is 0 Å². The van der Waals surface area contributed by atoms with E-state index in [2.05, 4.69) is 83.9 Å². The molecule has 0 aliphatic carbocycles. The Labute approximate surface area is 218 Å². The first kappa shape index (κ1) is 24.8. The van der Waals surface area contributed by atoms with E-state index in [-0.39, 0.29) is 5.91 Å². The number of benzene rings is 3. The lowest BCUT2D eigenvalue weighted by molar-refractivity contribution is 0.416. The van der Waals surface area contributed by atoms with Crippen molar-refractivity contribution in [2.45, 2.75) is 33.6 Å². The van der Waals surface area contributed by atoms with E-state index in [9.17, 15) is 0 Å². The number of nitrogens with zero attached hydrogens (tertiary/aromatic N) is 5. The summed E-state index contributed by atoms with van der Waals surface area (Å²) in [6.07, 6.45) is 0. The minimum absolute atomic E-state index is 0.329. The van der Waals surface area contributed by atoms with Crippen LogP contribution in [0.3, 0.4) is 0 Å². The van der Waals surface area contributed by atoms with Crippen molar-refractivity contribution in [1.29, 1.82) is 0 Å². The fraction of sp³-hybridized carbons (Fsp3) is 0.200. The smallest absolute Gasteiger partial charge is 0.185 e. The molecule has 0 amide bonds. The van der Waals surface area contributed by atoms with Gasteiger partial charge in [-0.05, 0) is 52.0 Å². The number of ether oxygens (including phenoxy) is 1. The van der Waals surface area contributed by atoms with Gasteiger partial charge in [-0.25, -0.2) is 9.36 Å². The van der Waals surface area contributed by atoms with Crippen LogP contribution in [-0.4, -0.2) is 26.7 Å². The molecule has 2 aromatic heterocycles. The summed E-state index contributed by atoms with van der Waals surface area (Å²) in [5.41, 5.74) is 4.84. The number of para-hydroxylation sites is 1. The van der Waals surface area contributed by atoms with Gasteiger partial charge in [0.05, 0.1) is 25.6 Å². The highest BCUT2D eigenvalue weighted by Crippen LogP contribution is 2.61. The van der Waals surface area contributed by atoms with Gasteiger partial charge in [0, 0.05) is 22.0 Å². The van der Waals surface area contributed by atoms with E-state index in [4.69, 9.17) is 19.7 Å². The van der Waals surface area contributed by atoms with Gasteiger partial charge in [0.1, 0.15) is 11.4 Å². The molecule has 5 rings (SSSR count). The number of hydrogen-bond donors (Lipinski definition) is 0. The van der Waals surface area contributed by atoms with Crippen molar-refractivity contribution in [2.75, 3.05) is 7.11 Å². The third kappa shape index (κ3) is 4.54. The van der Waals surface area contributed by atoms with E-state index in [0.29, 0.717) is 0 Å². The van der Waals surface area contributed by atoms with Gasteiger partial charge in [0.2, 0.25) is 0 Å². The Morgan fingerprint density at radius 1 is 0.676 bits per heavy atom. The normalized spacial score (nSPS) is 11.6. The fourth-order valence-corrected chi connectivity index (χ4v) is 8.98. The maximum absolute atomic E-state index is 5.79. The van der Waals surface area contributed by atoms with Crippen LogP contribution in [0.4, 0.5) is 5.69 Å². The molecule has 37 heavy (non-hydrogen) atoms. The van der Waals surface area contributed by atoms with Crippen molar-refractivity contribution in [3.8, 4) is 5.75 Å². The summed E-state index contributed by atoms with van der Waals surface area (Å²) in [6.45, 7) is 8.27. The molecule has 0 N–H and O–H groups in total. The summed E-state index contributed by atoms with van der Waals surface area (Å²) in [5.74, 6) is 0.406. The first-order valence-electron chi connectivity index (χ1n) is 12.4. The Morgan fingerprint density at radius 2 is 1.14 bits per heavy atom. The van der Waals surface area contributed by atoms with Gasteiger partial charge < -0.3 is 4.74 Å². The predicted octanol–water partition coefficient (Wildman–Crippen LogP) is 6.51. The zero-order chi connectivity index (χ0) is 26.0. The van der Waals surface area contributed by atoms with E-state index in [1.165, 1.54) is 0 Å². The van der Waals surface area contributed by atoms with Crippen molar-refractivity contribution in [1.82, 2.24) is 19.6 Å². The molecule has 0 atom stereocenters. The van der Waals surface area contributed by atoms with E-state index in [1.54, 1.807) is 7.11 Å². The molecular weight excluding hydrogens is 477 g/mol. The van der Waals surface area contributed by atoms with E-state index in [0.717, 1.165) is 44.8 Å². The Morgan fingerprint density at radius 3 is 1.57 bits per heavy atom. The molecule has 0 fully saturated rings. The third-order valence-corrected chi connectivity index (χ3v) is 10.3. The lowest BCUT2D eigenvalue weighted by Gasteiger charge is -2.36. The second kappa shape index (κ2) is 10.2. The first-order chi connectivity index (χ1) is 17.9. The Kier molecular flexibility index (Phi) is 6.86. The Bertz CT molecular complexity index is 1480. The molecule has 6 nitrogen and oxygen atoms in total. The second-order valence-corrected chi connectivity index (χ2v) is 12.3. The number of aryl methyl sites for hydroxylation is 4. The summed E-state index contributed by atoms with van der Waals surface area (Å²) < 4.78 is 15.7. The summed E-state index contributed by atoms with van der Waals surface area (Å²) in [7, 11) is -1.00. The molecule has 3 aromatic carbocycles. The molecule has 0 radical (unpaired) electrons. The summed E-state index contributed by atoms with van der Waals surface area (Å²) in [4.78, 5) is 0. The standard InChI is InChI=1S/C30H32N5OP/c1-22-20-24(3)34(31-22)30(35-25(4)21-23(2)32-35)37(26-14-8-6-9-15-26,27-16-10-7-11-17-27)33-28-18-12-13-19-29(28)36-5/h6-21,30H,1-5H3. The highest BCUT2D eigenvalue weighted by atomic mass is 31.2. The van der Waals surface area contributed by atoms with Gasteiger partial charge in [-0.3, -0.25) is 4.74 Å². The molecule has 0 aliphatic rings. The Balaban J connectivity index is 2.01. The van der Waals surface area contributed by atoms with Crippen LogP contribution in [0, 0.1) is 27.7 Å². The minimum atomic E-state index is -2.70. The van der Waals surface area contributed by atoms with Crippen LogP contribution in [0.1, 0.15) is 28.7 Å². The molecule has 0 saturated carbocycles. The van der Waals surface area contributed by atoms with Crippen LogP contribution in [0.5, 0.6) is 5.75 Å². The zero-order valence-electron chi connectivity index (χ0n) is 21.9. The number of rotatable bonds is 7. The van der Waals surface area contributed by atoms with Gasteiger partial charge in [-0.2, -0.15) is 10.2 Å². The molecular formula is C30H32N5OP. The van der Waals surface area contributed by atoms with E-state index < -0.39 is 7.05 Å². The van der Waals surface area contributed by atoms with Crippen molar-refractivity contribution in [2.24, 2.45) is 4.74 Å². The average molecular weight is 510 g/mol. The quantitative estimate of drug-likeness (QED) is 0.235. The topological polar surface area (TPSA) is 57.2 Å². The fourth-order valence-electron chi connectivity index (χ4n) is 4.96. The van der Waals surface area contributed by atoms with Crippen LogP contribution in [0.2, 0.25) is 0 Å². The molecule has 7 heteroatoms. The number of aromatic nitrogens is 4. The predicted molar refractivity (Wildman–Crippen MR) is 152 cm³/mol. The van der Waals surface area contributed by atoms with Gasteiger partial charge in [-0.15, -0.1) is 0 Å². The van der Waals surface area contributed by atoms with Gasteiger partial charge in [-0.1, -0.05) is 72.8 Å². The number of methoxy groups -OCH3 is 1. The van der Waals surface area contributed by atoms with Crippen molar-refractivity contribution in [3.05, 3.63) is 120 Å². The van der Waals surface area contributed by atoms with Crippen molar-refractivity contribution < 1.29 is 4.74 Å². The average Bonchev–Trinajstić information content (AvgIpc) is 3.43. The second-order valence-electron chi connectivity index (χ2n) is 9.22. The highest BCUT2D eigenvalue weighted by Gasteiger charge is 2.40. The minimum Gasteiger partial charge on any atom is -0.494 e. The van der Waals surface area contributed by atoms with Crippen molar-refractivity contribution in [3.63, 3.8) is 0 Å². The molecule has 0 unspecified atom stereocenters. The lowest BCUT2D eigenvalue weighted by atomic mass is 10.3. The maximum atomic E-state index is 5.79. The largest absolute Gasteiger partial charge is 0.494 e. The molecule has 0 saturated heterocycles. The van der Waals surface area contributed by atoms with Gasteiger partial charge in [0.25, 0.3) is 0 Å². The summed E-state index contributed by atoms with van der Waals surface area (Å²) in [5, 5.41) is 12.3. The molecule has 0 spiro atoms. The van der Waals surface area contributed by atoms with E-state index >= 15 is 0 Å². The van der Waals surface area contributed by atoms with Crippen LogP contribution in [-0.2, 0) is 0 Å². The van der Waals surface area contributed by atoms with Crippen LogP contribution < -0.4 is 15.3 Å². The van der Waals surface area contributed by atoms with Crippen LogP contribution >= 0.6 is 7.05 Å².